The predicted molar refractivity (Wildman–Crippen MR) is 63.1 cm³/mol. The van der Waals surface area contributed by atoms with E-state index in [-0.39, 0.29) is 0 Å². The fourth-order valence-electron chi connectivity index (χ4n) is 2.03. The smallest absolute Gasteiger partial charge is 0.124 e. The van der Waals surface area contributed by atoms with Crippen molar-refractivity contribution in [3.05, 3.63) is 54.6 Å². The van der Waals surface area contributed by atoms with Crippen LogP contribution in [0, 0.1) is 0 Å². The zero-order chi connectivity index (χ0) is 10.3. The molecule has 0 aliphatic carbocycles. The molecule has 3 aromatic carbocycles. The van der Waals surface area contributed by atoms with Gasteiger partial charge in [-0.05, 0) is 22.2 Å². The first-order valence-electron chi connectivity index (χ1n) is 4.96. The van der Waals surface area contributed by atoms with Crippen LogP contribution >= 0.6 is 0 Å². The summed E-state index contributed by atoms with van der Waals surface area (Å²) in [6, 6.07) is 17.8. The molecule has 72 valence electrons. The third-order valence-corrected chi connectivity index (χ3v) is 2.75. The standard InChI is InChI=1S/C14H10O/c15-14-9-10-5-1-2-6-11(10)12-7-3-4-8-13(12)14/h1-9,15H/i3+1,4+1,7+1,8+1,12+1,13+1. The van der Waals surface area contributed by atoms with Gasteiger partial charge in [0.15, 0.2) is 0 Å². The number of aromatic hydroxyl groups is 1. The zero-order valence-electron chi connectivity index (χ0n) is 8.14. The van der Waals surface area contributed by atoms with Crippen molar-refractivity contribution in [3.8, 4) is 5.75 Å². The van der Waals surface area contributed by atoms with Crippen molar-refractivity contribution in [2.24, 2.45) is 0 Å². The van der Waals surface area contributed by atoms with Crippen LogP contribution in [0.4, 0.5) is 0 Å². The minimum absolute atomic E-state index is 0.351. The average Bonchev–Trinajstić information content (AvgIpc) is 2.30. The van der Waals surface area contributed by atoms with Crippen molar-refractivity contribution in [2.45, 2.75) is 0 Å². The molecule has 0 spiro atoms. The van der Waals surface area contributed by atoms with E-state index in [0.29, 0.717) is 5.75 Å². The maximum atomic E-state index is 9.87. The number of hydrogen-bond acceptors (Lipinski definition) is 1. The van der Waals surface area contributed by atoms with Crippen LogP contribution in [-0.4, -0.2) is 5.11 Å². The Bertz CT molecular complexity index is 641. The van der Waals surface area contributed by atoms with Gasteiger partial charge in [-0.25, -0.2) is 0 Å². The fourth-order valence-corrected chi connectivity index (χ4v) is 2.03. The number of phenolic OH excluding ortho intramolecular Hbond substituents is 1. The molecule has 0 aliphatic heterocycles. The van der Waals surface area contributed by atoms with E-state index in [4.69, 9.17) is 0 Å². The number of fused-ring (bicyclic) bond motifs is 3. The second-order valence-electron chi connectivity index (χ2n) is 3.66. The van der Waals surface area contributed by atoms with Crippen LogP contribution in [-0.2, 0) is 0 Å². The van der Waals surface area contributed by atoms with Gasteiger partial charge in [0.05, 0.1) is 0 Å². The van der Waals surface area contributed by atoms with Crippen molar-refractivity contribution in [2.75, 3.05) is 0 Å². The maximum absolute atomic E-state index is 9.87. The zero-order valence-corrected chi connectivity index (χ0v) is 8.14. The van der Waals surface area contributed by atoms with Gasteiger partial charge in [0.1, 0.15) is 5.75 Å². The number of rotatable bonds is 0. The third kappa shape index (κ3) is 1.17. The predicted octanol–water partition coefficient (Wildman–Crippen LogP) is 3.70. The quantitative estimate of drug-likeness (QED) is 0.548. The Kier molecular flexibility index (Phi) is 1.65. The fraction of sp³-hybridized carbons (Fsp3) is 0. The molecule has 0 heterocycles. The van der Waals surface area contributed by atoms with E-state index in [1.807, 2.05) is 48.5 Å². The molecular formula is C14H10O. The molecule has 1 N–H and O–H groups in total. The molecule has 3 rings (SSSR count). The van der Waals surface area contributed by atoms with Gasteiger partial charge in [0.2, 0.25) is 0 Å². The Morgan fingerprint density at radius 3 is 2.07 bits per heavy atom. The summed E-state index contributed by atoms with van der Waals surface area (Å²) in [6.45, 7) is 0. The molecule has 0 fully saturated rings. The molecule has 0 radical (unpaired) electrons. The van der Waals surface area contributed by atoms with Crippen LogP contribution in [0.15, 0.2) is 54.6 Å². The minimum Gasteiger partial charge on any atom is -0.507 e. The molecule has 3 aromatic rings. The van der Waals surface area contributed by atoms with Gasteiger partial charge in [-0.15, -0.1) is 0 Å². The molecule has 0 aliphatic rings. The summed E-state index contributed by atoms with van der Waals surface area (Å²) in [6.07, 6.45) is 0. The highest BCUT2D eigenvalue weighted by Gasteiger charge is 2.03. The van der Waals surface area contributed by atoms with Crippen molar-refractivity contribution in [1.82, 2.24) is 0 Å². The van der Waals surface area contributed by atoms with E-state index in [2.05, 4.69) is 6.07 Å². The summed E-state index contributed by atoms with van der Waals surface area (Å²) in [5.74, 6) is 0.351. The summed E-state index contributed by atoms with van der Waals surface area (Å²) < 4.78 is 0. The van der Waals surface area contributed by atoms with Crippen molar-refractivity contribution >= 4 is 21.5 Å². The highest BCUT2D eigenvalue weighted by molar-refractivity contribution is 6.10. The van der Waals surface area contributed by atoms with Gasteiger partial charge in [-0.1, -0.05) is 48.5 Å². The lowest BCUT2D eigenvalue weighted by Crippen LogP contribution is -1.77. The Balaban J connectivity index is 2.64. The molecule has 0 amide bonds. The highest BCUT2D eigenvalue weighted by atomic mass is 16.3. The van der Waals surface area contributed by atoms with Crippen LogP contribution in [0.3, 0.4) is 0 Å². The Hall–Kier alpha value is -2.02. The van der Waals surface area contributed by atoms with E-state index in [1.165, 1.54) is 5.39 Å². The van der Waals surface area contributed by atoms with Gasteiger partial charge >= 0.3 is 0 Å². The second-order valence-corrected chi connectivity index (χ2v) is 3.66. The molecule has 15 heavy (non-hydrogen) atoms. The lowest BCUT2D eigenvalue weighted by molar-refractivity contribution is 0.482. The normalized spacial score (nSPS) is 10.9. The first kappa shape index (κ1) is 8.30. The number of phenols is 1. The van der Waals surface area contributed by atoms with Crippen LogP contribution in [0.2, 0.25) is 0 Å². The van der Waals surface area contributed by atoms with Gasteiger partial charge in [0, 0.05) is 5.39 Å². The summed E-state index contributed by atoms with van der Waals surface area (Å²) in [5.41, 5.74) is 0. The molecule has 0 saturated heterocycles. The van der Waals surface area contributed by atoms with Crippen molar-refractivity contribution in [3.63, 3.8) is 0 Å². The summed E-state index contributed by atoms with van der Waals surface area (Å²) in [4.78, 5) is 0. The molecule has 0 atom stereocenters. The molecular weight excluding hydrogens is 190 g/mol. The van der Waals surface area contributed by atoms with Crippen molar-refractivity contribution < 1.29 is 5.11 Å². The first-order valence-corrected chi connectivity index (χ1v) is 4.96. The first-order chi connectivity index (χ1) is 7.36. The Labute approximate surface area is 87.6 Å². The van der Waals surface area contributed by atoms with Crippen LogP contribution in [0.5, 0.6) is 5.75 Å². The summed E-state index contributed by atoms with van der Waals surface area (Å²) in [7, 11) is 0. The molecule has 0 unspecified atom stereocenters. The highest BCUT2D eigenvalue weighted by Crippen LogP contribution is 2.32. The van der Waals surface area contributed by atoms with E-state index in [0.717, 1.165) is 16.2 Å². The lowest BCUT2D eigenvalue weighted by Gasteiger charge is -2.05. The third-order valence-electron chi connectivity index (χ3n) is 2.75. The minimum atomic E-state index is 0.351. The Morgan fingerprint density at radius 1 is 0.667 bits per heavy atom. The van der Waals surface area contributed by atoms with Crippen LogP contribution in [0.25, 0.3) is 21.5 Å². The Morgan fingerprint density at radius 2 is 1.27 bits per heavy atom. The van der Waals surface area contributed by atoms with Crippen LogP contribution < -0.4 is 0 Å². The van der Waals surface area contributed by atoms with E-state index in [1.54, 1.807) is 0 Å². The maximum Gasteiger partial charge on any atom is 0.124 e. The summed E-state index contributed by atoms with van der Waals surface area (Å²) in [5, 5.41) is 14.2. The van der Waals surface area contributed by atoms with Gasteiger partial charge < -0.3 is 5.11 Å². The number of benzene rings is 3. The van der Waals surface area contributed by atoms with Gasteiger partial charge in [-0.2, -0.15) is 0 Å². The second kappa shape index (κ2) is 2.99. The topological polar surface area (TPSA) is 20.2 Å². The SMILES string of the molecule is Oc1cc2ccccc2[13c]2[13cH][13cH][13cH][13cH][13c]12. The molecule has 1 nitrogen and oxygen atoms in total. The molecule has 0 bridgehead atoms. The van der Waals surface area contributed by atoms with Gasteiger partial charge in [-0.3, -0.25) is 0 Å². The number of hydrogen-bond donors (Lipinski definition) is 1. The summed E-state index contributed by atoms with van der Waals surface area (Å²) >= 11 is 0. The van der Waals surface area contributed by atoms with E-state index in [9.17, 15) is 5.11 Å². The molecule has 0 aromatic heterocycles. The van der Waals surface area contributed by atoms with Crippen molar-refractivity contribution in [1.29, 1.82) is 0 Å². The van der Waals surface area contributed by atoms with E-state index < -0.39 is 0 Å². The average molecular weight is 200 g/mol. The monoisotopic (exact) mass is 200 g/mol. The molecule has 0 saturated carbocycles. The van der Waals surface area contributed by atoms with Crippen LogP contribution in [0.1, 0.15) is 0 Å². The van der Waals surface area contributed by atoms with E-state index >= 15 is 0 Å². The van der Waals surface area contributed by atoms with Gasteiger partial charge in [0.25, 0.3) is 0 Å². The largest absolute Gasteiger partial charge is 0.507 e. The lowest BCUT2D eigenvalue weighted by atomic mass is 10.2. The molecule has 1 heteroatoms.